The first kappa shape index (κ1) is 20.1. The molecule has 0 bridgehead atoms. The summed E-state index contributed by atoms with van der Waals surface area (Å²) in [6.07, 6.45) is 3.67. The van der Waals surface area contributed by atoms with Crippen LogP contribution in [0.2, 0.25) is 0 Å². The normalized spacial score (nSPS) is 18.2. The SMILES string of the molecule is Cc1cc(C)n(C(C)CC(=O)NC(CC2CCCc3ccccc32)C(=O)O)n1. The topological polar surface area (TPSA) is 84.2 Å². The second-order valence-corrected chi connectivity index (χ2v) is 7.91. The predicted octanol–water partition coefficient (Wildman–Crippen LogP) is 3.53. The maximum atomic E-state index is 12.5. The van der Waals surface area contributed by atoms with E-state index >= 15 is 0 Å². The van der Waals surface area contributed by atoms with Crippen LogP contribution in [0.15, 0.2) is 30.3 Å². The lowest BCUT2D eigenvalue weighted by Crippen LogP contribution is -2.42. The molecule has 1 aromatic heterocycles. The van der Waals surface area contributed by atoms with Crippen LogP contribution in [0, 0.1) is 13.8 Å². The van der Waals surface area contributed by atoms with Crippen LogP contribution in [-0.4, -0.2) is 32.8 Å². The smallest absolute Gasteiger partial charge is 0.326 e. The average Bonchev–Trinajstić information content (AvgIpc) is 2.99. The number of hydrogen-bond donors (Lipinski definition) is 2. The number of aromatic nitrogens is 2. The van der Waals surface area contributed by atoms with Gasteiger partial charge < -0.3 is 10.4 Å². The van der Waals surface area contributed by atoms with Gasteiger partial charge >= 0.3 is 5.97 Å². The van der Waals surface area contributed by atoms with Crippen molar-refractivity contribution in [3.8, 4) is 0 Å². The van der Waals surface area contributed by atoms with Crippen LogP contribution in [-0.2, 0) is 16.0 Å². The molecule has 2 aromatic rings. The highest BCUT2D eigenvalue weighted by Gasteiger charge is 2.28. The predicted molar refractivity (Wildman–Crippen MR) is 107 cm³/mol. The first-order chi connectivity index (χ1) is 13.3. The van der Waals surface area contributed by atoms with Crippen LogP contribution >= 0.6 is 0 Å². The fraction of sp³-hybridized carbons (Fsp3) is 0.500. The van der Waals surface area contributed by atoms with Crippen molar-refractivity contribution in [1.82, 2.24) is 15.1 Å². The number of hydrogen-bond acceptors (Lipinski definition) is 3. The van der Waals surface area contributed by atoms with Crippen molar-refractivity contribution in [1.29, 1.82) is 0 Å². The summed E-state index contributed by atoms with van der Waals surface area (Å²) in [6, 6.07) is 9.19. The van der Waals surface area contributed by atoms with E-state index in [0.29, 0.717) is 6.42 Å². The van der Waals surface area contributed by atoms with Crippen LogP contribution in [0.5, 0.6) is 0 Å². The van der Waals surface area contributed by atoms with Crippen molar-refractivity contribution in [2.45, 2.75) is 70.9 Å². The molecule has 0 aliphatic heterocycles. The van der Waals surface area contributed by atoms with E-state index in [4.69, 9.17) is 0 Å². The molecule has 0 saturated heterocycles. The van der Waals surface area contributed by atoms with Crippen LogP contribution in [0.4, 0.5) is 0 Å². The van der Waals surface area contributed by atoms with Gasteiger partial charge in [0.25, 0.3) is 0 Å². The van der Waals surface area contributed by atoms with E-state index in [0.717, 1.165) is 30.7 Å². The molecule has 28 heavy (non-hydrogen) atoms. The van der Waals surface area contributed by atoms with E-state index in [1.54, 1.807) is 0 Å². The van der Waals surface area contributed by atoms with E-state index in [1.807, 2.05) is 43.7 Å². The highest BCUT2D eigenvalue weighted by atomic mass is 16.4. The Kier molecular flexibility index (Phi) is 6.17. The Labute approximate surface area is 166 Å². The first-order valence-electron chi connectivity index (χ1n) is 9.98. The van der Waals surface area contributed by atoms with Crippen LogP contribution in [0.1, 0.15) is 67.1 Å². The molecule has 3 unspecified atom stereocenters. The number of carbonyl (C=O) groups excluding carboxylic acids is 1. The Balaban J connectivity index is 1.64. The van der Waals surface area contributed by atoms with Gasteiger partial charge in [-0.25, -0.2) is 4.79 Å². The summed E-state index contributed by atoms with van der Waals surface area (Å²) in [5.41, 5.74) is 4.42. The van der Waals surface area contributed by atoms with Gasteiger partial charge in [-0.2, -0.15) is 5.10 Å². The zero-order valence-corrected chi connectivity index (χ0v) is 16.8. The molecule has 150 valence electrons. The van der Waals surface area contributed by atoms with Crippen LogP contribution in [0.25, 0.3) is 0 Å². The lowest BCUT2D eigenvalue weighted by molar-refractivity contribution is -0.142. The molecule has 0 spiro atoms. The minimum Gasteiger partial charge on any atom is -0.480 e. The fourth-order valence-electron chi connectivity index (χ4n) is 4.31. The minimum atomic E-state index is -0.977. The molecule has 6 heteroatoms. The lowest BCUT2D eigenvalue weighted by Gasteiger charge is -2.28. The van der Waals surface area contributed by atoms with Crippen molar-refractivity contribution < 1.29 is 14.7 Å². The summed E-state index contributed by atoms with van der Waals surface area (Å²) in [7, 11) is 0. The van der Waals surface area contributed by atoms with E-state index in [-0.39, 0.29) is 24.3 Å². The number of benzene rings is 1. The summed E-state index contributed by atoms with van der Waals surface area (Å²) >= 11 is 0. The lowest BCUT2D eigenvalue weighted by atomic mass is 9.79. The molecule has 1 aliphatic rings. The minimum absolute atomic E-state index is 0.126. The second-order valence-electron chi connectivity index (χ2n) is 7.91. The van der Waals surface area contributed by atoms with Gasteiger partial charge in [0.15, 0.2) is 0 Å². The van der Waals surface area contributed by atoms with Gasteiger partial charge in [0.1, 0.15) is 6.04 Å². The van der Waals surface area contributed by atoms with Gasteiger partial charge in [0, 0.05) is 12.1 Å². The first-order valence-corrected chi connectivity index (χ1v) is 9.98. The van der Waals surface area contributed by atoms with E-state index in [2.05, 4.69) is 22.5 Å². The van der Waals surface area contributed by atoms with Gasteiger partial charge in [0.2, 0.25) is 5.91 Å². The molecule has 1 aliphatic carbocycles. The number of amides is 1. The Morgan fingerprint density at radius 2 is 2.07 bits per heavy atom. The Bertz CT molecular complexity index is 858. The van der Waals surface area contributed by atoms with Gasteiger partial charge in [0.05, 0.1) is 11.7 Å². The number of rotatable bonds is 7. The highest BCUT2D eigenvalue weighted by Crippen LogP contribution is 2.34. The molecular weight excluding hydrogens is 354 g/mol. The van der Waals surface area contributed by atoms with Crippen molar-refractivity contribution >= 4 is 11.9 Å². The number of fused-ring (bicyclic) bond motifs is 1. The van der Waals surface area contributed by atoms with Gasteiger partial charge in [-0.15, -0.1) is 0 Å². The maximum Gasteiger partial charge on any atom is 0.326 e. The fourth-order valence-corrected chi connectivity index (χ4v) is 4.31. The monoisotopic (exact) mass is 383 g/mol. The third-order valence-corrected chi connectivity index (χ3v) is 5.59. The van der Waals surface area contributed by atoms with Gasteiger partial charge in [-0.05, 0) is 69.6 Å². The Morgan fingerprint density at radius 1 is 1.32 bits per heavy atom. The van der Waals surface area contributed by atoms with Crippen molar-refractivity contribution in [3.05, 3.63) is 52.8 Å². The van der Waals surface area contributed by atoms with E-state index in [9.17, 15) is 14.7 Å². The summed E-state index contributed by atoms with van der Waals surface area (Å²) in [6.45, 7) is 5.79. The molecule has 6 nitrogen and oxygen atoms in total. The molecule has 1 aromatic carbocycles. The number of carboxylic acid groups (broad SMARTS) is 1. The number of carbonyl (C=O) groups is 2. The number of aliphatic carboxylic acids is 1. The zero-order chi connectivity index (χ0) is 20.3. The van der Waals surface area contributed by atoms with Gasteiger partial charge in [-0.3, -0.25) is 9.48 Å². The standard InChI is InChI=1S/C22H29N3O3/c1-14-11-15(2)25(24-14)16(3)12-21(26)23-20(22(27)28)13-18-9-6-8-17-7-4-5-10-19(17)18/h4-5,7,10-11,16,18,20H,6,8-9,12-13H2,1-3H3,(H,23,26)(H,27,28). The Hall–Kier alpha value is -2.63. The van der Waals surface area contributed by atoms with Crippen LogP contribution in [0.3, 0.4) is 0 Å². The van der Waals surface area contributed by atoms with E-state index < -0.39 is 12.0 Å². The van der Waals surface area contributed by atoms with Crippen molar-refractivity contribution in [3.63, 3.8) is 0 Å². The summed E-state index contributed by atoms with van der Waals surface area (Å²) in [4.78, 5) is 24.3. The molecule has 2 N–H and O–H groups in total. The summed E-state index contributed by atoms with van der Waals surface area (Å²) in [5.74, 6) is -1.06. The van der Waals surface area contributed by atoms with Crippen LogP contribution < -0.4 is 5.32 Å². The maximum absolute atomic E-state index is 12.5. The number of nitrogens with zero attached hydrogens (tertiary/aromatic N) is 2. The summed E-state index contributed by atoms with van der Waals surface area (Å²) < 4.78 is 1.82. The molecular formula is C22H29N3O3. The number of carboxylic acids is 1. The van der Waals surface area contributed by atoms with E-state index in [1.165, 1.54) is 11.1 Å². The van der Waals surface area contributed by atoms with Crippen molar-refractivity contribution in [2.75, 3.05) is 0 Å². The quantitative estimate of drug-likeness (QED) is 0.766. The molecule has 1 heterocycles. The Morgan fingerprint density at radius 3 is 2.75 bits per heavy atom. The number of nitrogens with one attached hydrogen (secondary N) is 1. The highest BCUT2D eigenvalue weighted by molar-refractivity contribution is 5.83. The molecule has 1 amide bonds. The third-order valence-electron chi connectivity index (χ3n) is 5.59. The average molecular weight is 383 g/mol. The molecule has 0 radical (unpaired) electrons. The third kappa shape index (κ3) is 4.61. The molecule has 0 saturated carbocycles. The summed E-state index contributed by atoms with van der Waals surface area (Å²) in [5, 5.41) is 16.8. The number of aryl methyl sites for hydroxylation is 3. The molecule has 3 atom stereocenters. The largest absolute Gasteiger partial charge is 0.480 e. The zero-order valence-electron chi connectivity index (χ0n) is 16.8. The van der Waals surface area contributed by atoms with Gasteiger partial charge in [-0.1, -0.05) is 24.3 Å². The molecule has 3 rings (SSSR count). The van der Waals surface area contributed by atoms with Crippen molar-refractivity contribution in [2.24, 2.45) is 0 Å². The second kappa shape index (κ2) is 8.59. The molecule has 0 fully saturated rings.